The average Bonchev–Trinajstić information content (AvgIpc) is 2.46. The molecule has 0 aromatic heterocycles. The summed E-state index contributed by atoms with van der Waals surface area (Å²) in [6, 6.07) is 4.97. The maximum atomic E-state index is 11.6. The number of benzene rings is 1. The minimum absolute atomic E-state index is 0.363. The molecule has 0 saturated carbocycles. The van der Waals surface area contributed by atoms with Gasteiger partial charge in [-0.05, 0) is 19.1 Å². The van der Waals surface area contributed by atoms with E-state index in [1.165, 1.54) is 26.4 Å². The number of methoxy groups -OCH3 is 2. The smallest absolute Gasteiger partial charge is 0.330 e. The molecule has 1 aromatic rings. The number of esters is 1. The standard InChI is InChI=1S/C14H17NO5/c1-4-5-14(17)20-9-13(16)15-11-7-6-10(18-2)8-12(11)19-3/h4-8H,9H2,1-3H3,(H,15,16). The van der Waals surface area contributed by atoms with Gasteiger partial charge in [-0.15, -0.1) is 0 Å². The largest absolute Gasteiger partial charge is 0.497 e. The van der Waals surface area contributed by atoms with E-state index in [0.29, 0.717) is 17.2 Å². The molecule has 0 saturated heterocycles. The molecule has 0 bridgehead atoms. The van der Waals surface area contributed by atoms with Crippen LogP contribution in [0.15, 0.2) is 30.4 Å². The number of anilines is 1. The average molecular weight is 279 g/mol. The van der Waals surface area contributed by atoms with E-state index in [-0.39, 0.29) is 6.61 Å². The Balaban J connectivity index is 2.63. The quantitative estimate of drug-likeness (QED) is 0.634. The Hall–Kier alpha value is -2.50. The number of nitrogens with one attached hydrogen (secondary N) is 1. The molecule has 108 valence electrons. The molecule has 0 aliphatic rings. The summed E-state index contributed by atoms with van der Waals surface area (Å²) in [5.74, 6) is 0.0486. The normalized spacial score (nSPS) is 10.2. The third-order valence-corrected chi connectivity index (χ3v) is 2.33. The van der Waals surface area contributed by atoms with E-state index in [1.54, 1.807) is 25.1 Å². The molecule has 1 aromatic carbocycles. The number of hydrogen-bond donors (Lipinski definition) is 1. The van der Waals surface area contributed by atoms with E-state index in [2.05, 4.69) is 5.32 Å². The number of ether oxygens (including phenoxy) is 3. The first-order valence-corrected chi connectivity index (χ1v) is 5.92. The molecule has 0 aliphatic heterocycles. The summed E-state index contributed by atoms with van der Waals surface area (Å²) in [7, 11) is 3.02. The Labute approximate surface area is 117 Å². The maximum absolute atomic E-state index is 11.6. The highest BCUT2D eigenvalue weighted by Crippen LogP contribution is 2.28. The summed E-state index contributed by atoms with van der Waals surface area (Å²) in [6.07, 6.45) is 2.77. The van der Waals surface area contributed by atoms with Gasteiger partial charge in [0.15, 0.2) is 6.61 Å². The molecule has 0 atom stereocenters. The number of carbonyl (C=O) groups is 2. The molecule has 1 N–H and O–H groups in total. The third kappa shape index (κ3) is 4.64. The highest BCUT2D eigenvalue weighted by Gasteiger charge is 2.10. The van der Waals surface area contributed by atoms with Crippen LogP contribution < -0.4 is 14.8 Å². The van der Waals surface area contributed by atoms with E-state index in [1.807, 2.05) is 0 Å². The molecule has 0 fully saturated rings. The highest BCUT2D eigenvalue weighted by molar-refractivity contribution is 5.95. The lowest BCUT2D eigenvalue weighted by molar-refractivity contribution is -0.142. The first-order chi connectivity index (χ1) is 9.60. The maximum Gasteiger partial charge on any atom is 0.330 e. The molecule has 0 radical (unpaired) electrons. The van der Waals surface area contributed by atoms with Crippen LogP contribution in [0.1, 0.15) is 6.92 Å². The van der Waals surface area contributed by atoms with Crippen molar-refractivity contribution in [3.05, 3.63) is 30.4 Å². The van der Waals surface area contributed by atoms with Gasteiger partial charge in [-0.1, -0.05) is 6.08 Å². The fourth-order valence-electron chi connectivity index (χ4n) is 1.41. The predicted octanol–water partition coefficient (Wildman–Crippen LogP) is 1.76. The van der Waals surface area contributed by atoms with Crippen molar-refractivity contribution in [2.75, 3.05) is 26.1 Å². The van der Waals surface area contributed by atoms with Crippen LogP contribution in [-0.4, -0.2) is 32.7 Å². The molecule has 1 amide bonds. The van der Waals surface area contributed by atoms with E-state index < -0.39 is 11.9 Å². The van der Waals surface area contributed by atoms with Crippen LogP contribution in [0.25, 0.3) is 0 Å². The highest BCUT2D eigenvalue weighted by atomic mass is 16.5. The van der Waals surface area contributed by atoms with Gasteiger partial charge < -0.3 is 19.5 Å². The van der Waals surface area contributed by atoms with Crippen molar-refractivity contribution in [3.8, 4) is 11.5 Å². The zero-order valence-electron chi connectivity index (χ0n) is 11.6. The van der Waals surface area contributed by atoms with Crippen LogP contribution in [0.5, 0.6) is 11.5 Å². The Kier molecular flexibility index (Phi) is 6.09. The second-order valence-electron chi connectivity index (χ2n) is 3.72. The second kappa shape index (κ2) is 7.83. The lowest BCUT2D eigenvalue weighted by Crippen LogP contribution is -2.20. The molecule has 0 aliphatic carbocycles. The van der Waals surface area contributed by atoms with E-state index in [9.17, 15) is 9.59 Å². The van der Waals surface area contributed by atoms with Gasteiger partial charge in [0.1, 0.15) is 11.5 Å². The SMILES string of the molecule is CC=CC(=O)OCC(=O)Nc1ccc(OC)cc1OC. The number of rotatable bonds is 6. The van der Waals surface area contributed by atoms with Gasteiger partial charge in [0, 0.05) is 12.1 Å². The monoisotopic (exact) mass is 279 g/mol. The second-order valence-corrected chi connectivity index (χ2v) is 3.72. The van der Waals surface area contributed by atoms with Crippen LogP contribution in [0, 0.1) is 0 Å². The Morgan fingerprint density at radius 2 is 2.00 bits per heavy atom. The topological polar surface area (TPSA) is 73.9 Å². The van der Waals surface area contributed by atoms with Gasteiger partial charge in [0.25, 0.3) is 5.91 Å². The van der Waals surface area contributed by atoms with Crippen molar-refractivity contribution in [2.24, 2.45) is 0 Å². The van der Waals surface area contributed by atoms with Crippen LogP contribution in [0.2, 0.25) is 0 Å². The molecule has 6 nitrogen and oxygen atoms in total. The number of carbonyl (C=O) groups excluding carboxylic acids is 2. The molecule has 1 rings (SSSR count). The van der Waals surface area contributed by atoms with Crippen LogP contribution in [0.3, 0.4) is 0 Å². The summed E-state index contributed by atoms with van der Waals surface area (Å²) in [5.41, 5.74) is 0.473. The molecule has 0 heterocycles. The summed E-state index contributed by atoms with van der Waals surface area (Å²) < 4.78 is 14.9. The Morgan fingerprint density at radius 3 is 2.60 bits per heavy atom. The third-order valence-electron chi connectivity index (χ3n) is 2.33. The molecule has 20 heavy (non-hydrogen) atoms. The lowest BCUT2D eigenvalue weighted by atomic mass is 10.2. The summed E-state index contributed by atoms with van der Waals surface area (Å²) in [5, 5.41) is 2.59. The van der Waals surface area contributed by atoms with E-state index in [0.717, 1.165) is 0 Å². The molecular formula is C14H17NO5. The van der Waals surface area contributed by atoms with Crippen LogP contribution >= 0.6 is 0 Å². The van der Waals surface area contributed by atoms with Crippen molar-refractivity contribution < 1.29 is 23.8 Å². The number of allylic oxidation sites excluding steroid dienone is 1. The van der Waals surface area contributed by atoms with Crippen molar-refractivity contribution >= 4 is 17.6 Å². The van der Waals surface area contributed by atoms with E-state index >= 15 is 0 Å². The molecular weight excluding hydrogens is 262 g/mol. The lowest BCUT2D eigenvalue weighted by Gasteiger charge is -2.11. The Bertz CT molecular complexity index is 510. The summed E-state index contributed by atoms with van der Waals surface area (Å²) >= 11 is 0. The van der Waals surface area contributed by atoms with Gasteiger partial charge in [-0.25, -0.2) is 4.79 Å². The van der Waals surface area contributed by atoms with Crippen molar-refractivity contribution in [1.29, 1.82) is 0 Å². The first kappa shape index (κ1) is 15.6. The van der Waals surface area contributed by atoms with Crippen molar-refractivity contribution in [3.63, 3.8) is 0 Å². The molecule has 6 heteroatoms. The minimum Gasteiger partial charge on any atom is -0.497 e. The van der Waals surface area contributed by atoms with Gasteiger partial charge in [-0.2, -0.15) is 0 Å². The summed E-state index contributed by atoms with van der Waals surface area (Å²) in [6.45, 7) is 1.32. The van der Waals surface area contributed by atoms with E-state index in [4.69, 9.17) is 14.2 Å². The number of amides is 1. The minimum atomic E-state index is -0.565. The van der Waals surface area contributed by atoms with Crippen molar-refractivity contribution in [2.45, 2.75) is 6.92 Å². The van der Waals surface area contributed by atoms with Gasteiger partial charge in [0.2, 0.25) is 0 Å². The van der Waals surface area contributed by atoms with Gasteiger partial charge in [0.05, 0.1) is 19.9 Å². The number of hydrogen-bond acceptors (Lipinski definition) is 5. The zero-order chi connectivity index (χ0) is 15.0. The zero-order valence-corrected chi connectivity index (χ0v) is 11.6. The first-order valence-electron chi connectivity index (χ1n) is 5.92. The van der Waals surface area contributed by atoms with Gasteiger partial charge >= 0.3 is 5.97 Å². The fourth-order valence-corrected chi connectivity index (χ4v) is 1.41. The Morgan fingerprint density at radius 1 is 1.25 bits per heavy atom. The summed E-state index contributed by atoms with van der Waals surface area (Å²) in [4.78, 5) is 22.7. The van der Waals surface area contributed by atoms with Crippen LogP contribution in [0.4, 0.5) is 5.69 Å². The van der Waals surface area contributed by atoms with Crippen LogP contribution in [-0.2, 0) is 14.3 Å². The predicted molar refractivity (Wildman–Crippen MR) is 73.9 cm³/mol. The van der Waals surface area contributed by atoms with Crippen molar-refractivity contribution in [1.82, 2.24) is 0 Å². The van der Waals surface area contributed by atoms with Gasteiger partial charge in [-0.3, -0.25) is 4.79 Å². The fraction of sp³-hybridized carbons (Fsp3) is 0.286. The molecule has 0 spiro atoms. The molecule has 0 unspecified atom stereocenters.